The van der Waals surface area contributed by atoms with Gasteiger partial charge in [0.05, 0.1) is 0 Å². The van der Waals surface area contributed by atoms with Crippen molar-refractivity contribution in [3.8, 4) is 0 Å². The fourth-order valence-electron chi connectivity index (χ4n) is 0. The van der Waals surface area contributed by atoms with E-state index in [1.54, 1.807) is 0 Å². The smallest absolute Gasteiger partial charge is 0.269 e. The van der Waals surface area contributed by atoms with Crippen molar-refractivity contribution in [2.45, 2.75) is 0 Å². The minimum Gasteiger partial charge on any atom is -0.269 e. The highest BCUT2D eigenvalue weighted by atomic mass is 28.5. The molecule has 0 aromatic rings. The minimum absolute atomic E-state index is 0. The Morgan fingerprint density at radius 1 is 0.833 bits per heavy atom. The molecule has 0 saturated carbocycles. The van der Waals surface area contributed by atoms with Gasteiger partial charge in [0.15, 0.2) is 0 Å². The molecule has 0 unspecified atom stereocenters. The summed E-state index contributed by atoms with van der Waals surface area (Å²) in [5.74, 6) is 0. The predicted molar refractivity (Wildman–Crippen MR) is 12.7 cm³/mol. The first-order valence-corrected chi connectivity index (χ1v) is 2.27. The van der Waals surface area contributed by atoms with Crippen molar-refractivity contribution in [3.63, 3.8) is 0 Å². The van der Waals surface area contributed by atoms with Gasteiger partial charge in [-0.1, -0.05) is 0 Å². The van der Waals surface area contributed by atoms with Crippen molar-refractivity contribution in [1.82, 2.24) is 0 Å². The fourth-order valence-corrected chi connectivity index (χ4v) is 0. The number of hydrogen-bond donors (Lipinski definition) is 0. The molecule has 6 heteroatoms. The molecule has 0 heterocycles. The predicted octanol–water partition coefficient (Wildman–Crippen LogP) is 1.45. The lowest BCUT2D eigenvalue weighted by Gasteiger charge is -1.75. The lowest BCUT2D eigenvalue weighted by molar-refractivity contribution is 0.368. The van der Waals surface area contributed by atoms with Crippen LogP contribution in [0.25, 0.3) is 0 Å². The quantitative estimate of drug-likeness (QED) is 0.260. The van der Waals surface area contributed by atoms with E-state index < -0.39 is 9.41 Å². The Kier molecular flexibility index (Phi) is 3.27. The Hall–Kier alpha value is -0.133. The second kappa shape index (κ2) is 2.11. The van der Waals surface area contributed by atoms with Crippen LogP contribution in [0.15, 0.2) is 0 Å². The van der Waals surface area contributed by atoms with Gasteiger partial charge in [0, 0.05) is 0 Å². The first kappa shape index (κ1) is 9.29. The molecule has 0 aromatic heterocycles. The van der Waals surface area contributed by atoms with E-state index in [4.69, 9.17) is 0 Å². The van der Waals surface area contributed by atoms with Gasteiger partial charge in [-0.2, -0.15) is 0 Å². The van der Waals surface area contributed by atoms with Crippen molar-refractivity contribution >= 4 is 9.41 Å². The summed E-state index contributed by atoms with van der Waals surface area (Å²) in [5.41, 5.74) is 0. The first-order valence-electron chi connectivity index (χ1n) is 0.756. The lowest BCUT2D eigenvalue weighted by Crippen LogP contribution is -2.02. The van der Waals surface area contributed by atoms with Crippen molar-refractivity contribution in [2.24, 2.45) is 0 Å². The lowest BCUT2D eigenvalue weighted by atomic mass is 18.6. The molecule has 0 aromatic carbocycles. The standard InChI is InChI=1S/F4Si.FH/c1-5(2,3)4;/h;1H. The van der Waals surface area contributed by atoms with Crippen molar-refractivity contribution < 1.29 is 21.1 Å². The summed E-state index contributed by atoms with van der Waals surface area (Å²) in [6.07, 6.45) is 0. The second-order valence-corrected chi connectivity index (χ2v) is 1.29. The van der Waals surface area contributed by atoms with Crippen molar-refractivity contribution in [3.05, 3.63) is 0 Å². The van der Waals surface area contributed by atoms with Gasteiger partial charge in [0.25, 0.3) is 0 Å². The van der Waals surface area contributed by atoms with Crippen molar-refractivity contribution in [1.29, 1.82) is 0 Å². The summed E-state index contributed by atoms with van der Waals surface area (Å²) in [4.78, 5) is 0. The van der Waals surface area contributed by atoms with Crippen LogP contribution in [0.5, 0.6) is 0 Å². The van der Waals surface area contributed by atoms with Gasteiger partial charge in [0.2, 0.25) is 0 Å². The molecular formula is HF5Si. The monoisotopic (exact) mass is 124 g/mol. The van der Waals surface area contributed by atoms with E-state index in [0.717, 1.165) is 0 Å². The average Bonchev–Trinajstić information content (AvgIpc) is 0.722. The SMILES string of the molecule is F.F[Si](F)(F)F. The molecule has 0 radical (unpaired) electrons. The molecule has 0 N–H and O–H groups in total. The van der Waals surface area contributed by atoms with Crippen LogP contribution in [0.1, 0.15) is 0 Å². The zero-order valence-corrected chi connectivity index (χ0v) is 3.42. The van der Waals surface area contributed by atoms with E-state index >= 15 is 0 Å². The molecule has 0 spiro atoms. The van der Waals surface area contributed by atoms with E-state index in [0.29, 0.717) is 0 Å². The Morgan fingerprint density at radius 2 is 0.833 bits per heavy atom. The summed E-state index contributed by atoms with van der Waals surface area (Å²) in [6, 6.07) is 0. The zero-order chi connectivity index (χ0) is 4.50. The van der Waals surface area contributed by atoms with Crippen molar-refractivity contribution in [2.75, 3.05) is 0 Å². The second-order valence-electron chi connectivity index (χ2n) is 0.429. The zero-order valence-electron chi connectivity index (χ0n) is 2.42. The van der Waals surface area contributed by atoms with E-state index in [9.17, 15) is 16.4 Å². The fraction of sp³-hybridized carbons (Fsp3) is 0. The number of halogens is 5. The molecule has 40 valence electrons. The molecule has 0 aliphatic heterocycles. The minimum atomic E-state index is -6.61. The largest absolute Gasteiger partial charge is 0.844 e. The highest BCUT2D eigenvalue weighted by Crippen LogP contribution is 2.06. The maximum absolute atomic E-state index is 9.83. The molecule has 0 aliphatic carbocycles. The van der Waals surface area contributed by atoms with Crippen LogP contribution in [0.3, 0.4) is 0 Å². The Bertz CT molecular complexity index is 19.4. The van der Waals surface area contributed by atoms with Gasteiger partial charge in [-0.25, -0.2) is 16.4 Å². The number of hydrogen-bond acceptors (Lipinski definition) is 0. The Morgan fingerprint density at radius 3 is 0.833 bits per heavy atom. The van der Waals surface area contributed by atoms with E-state index in [-0.39, 0.29) is 4.70 Å². The average molecular weight is 124 g/mol. The number of rotatable bonds is 0. The first-order chi connectivity index (χ1) is 2.00. The molecule has 6 heavy (non-hydrogen) atoms. The maximum atomic E-state index is 9.83. The highest BCUT2D eigenvalue weighted by molar-refractivity contribution is 6.50. The normalized spacial score (nSPS) is 10.0. The molecule has 0 saturated heterocycles. The van der Waals surface area contributed by atoms with Gasteiger partial charge in [-0.05, 0) is 0 Å². The maximum Gasteiger partial charge on any atom is 0.844 e. The topological polar surface area (TPSA) is 0 Å². The van der Waals surface area contributed by atoms with Gasteiger partial charge in [0.1, 0.15) is 0 Å². The van der Waals surface area contributed by atoms with Gasteiger partial charge in [-0.15, -0.1) is 0 Å². The van der Waals surface area contributed by atoms with Crippen LogP contribution in [0.4, 0.5) is 21.1 Å². The Labute approximate surface area is 31.8 Å². The Balaban J connectivity index is 0. The van der Waals surface area contributed by atoms with Crippen LogP contribution in [-0.2, 0) is 0 Å². The van der Waals surface area contributed by atoms with E-state index in [2.05, 4.69) is 0 Å². The molecule has 0 fully saturated rings. The van der Waals surface area contributed by atoms with Crippen LogP contribution < -0.4 is 0 Å². The van der Waals surface area contributed by atoms with E-state index in [1.165, 1.54) is 0 Å². The third-order valence-corrected chi connectivity index (χ3v) is 0. The molecular weight excluding hydrogens is 123 g/mol. The summed E-state index contributed by atoms with van der Waals surface area (Å²) in [6.45, 7) is 0. The van der Waals surface area contributed by atoms with Gasteiger partial charge in [-0.3, -0.25) is 4.70 Å². The molecule has 0 bridgehead atoms. The van der Waals surface area contributed by atoms with Crippen LogP contribution in [0.2, 0.25) is 0 Å². The molecule has 0 rings (SSSR count). The van der Waals surface area contributed by atoms with Gasteiger partial charge < -0.3 is 0 Å². The molecule has 0 aliphatic rings. The summed E-state index contributed by atoms with van der Waals surface area (Å²) < 4.78 is 39.3. The summed E-state index contributed by atoms with van der Waals surface area (Å²) in [7, 11) is -6.61. The van der Waals surface area contributed by atoms with Crippen LogP contribution in [-0.4, -0.2) is 9.41 Å². The third kappa shape index (κ3) is 1790. The third-order valence-electron chi connectivity index (χ3n) is 0. The van der Waals surface area contributed by atoms with Crippen LogP contribution >= 0.6 is 0 Å². The summed E-state index contributed by atoms with van der Waals surface area (Å²) in [5, 5.41) is 0. The van der Waals surface area contributed by atoms with Crippen LogP contribution in [0, 0.1) is 0 Å². The van der Waals surface area contributed by atoms with E-state index in [1.807, 2.05) is 0 Å². The molecule has 0 nitrogen and oxygen atoms in total. The molecule has 0 atom stereocenters. The van der Waals surface area contributed by atoms with Gasteiger partial charge >= 0.3 is 9.41 Å². The molecule has 0 amide bonds. The summed E-state index contributed by atoms with van der Waals surface area (Å²) >= 11 is 0. The highest BCUT2D eigenvalue weighted by Gasteiger charge is 2.39.